The van der Waals surface area contributed by atoms with Crippen LogP contribution in [-0.4, -0.2) is 20.9 Å². The number of alkyl halides is 3. The van der Waals surface area contributed by atoms with Gasteiger partial charge in [-0.25, -0.2) is 13.1 Å². The van der Waals surface area contributed by atoms with Gasteiger partial charge in [-0.05, 0) is 54.1 Å². The summed E-state index contributed by atoms with van der Waals surface area (Å²) in [7, 11) is -3.72. The minimum absolute atomic E-state index is 0.0216. The first-order valence-corrected chi connectivity index (χ1v) is 11.4. The number of carbonyl (C=O) groups is 1. The summed E-state index contributed by atoms with van der Waals surface area (Å²) in [5.74, 6) is 5.18. The van der Waals surface area contributed by atoms with E-state index in [1.54, 1.807) is 24.3 Å². The van der Waals surface area contributed by atoms with Crippen molar-refractivity contribution in [1.82, 2.24) is 10.0 Å². The zero-order valence-electron chi connectivity index (χ0n) is 17.6. The zero-order valence-corrected chi connectivity index (χ0v) is 18.4. The molecule has 10 heteroatoms. The van der Waals surface area contributed by atoms with Crippen molar-refractivity contribution in [3.05, 3.63) is 95.5 Å². The highest BCUT2D eigenvalue weighted by molar-refractivity contribution is 7.89. The van der Waals surface area contributed by atoms with Crippen molar-refractivity contribution in [1.29, 1.82) is 0 Å². The van der Waals surface area contributed by atoms with Crippen molar-refractivity contribution >= 4 is 22.0 Å². The molecule has 0 aliphatic rings. The molecule has 176 valence electrons. The molecular formula is C24H19F3N2O4S. The molecule has 0 aliphatic heterocycles. The molecule has 0 spiro atoms. The fraction of sp³-hybridized carbons (Fsp3) is 0.125. The predicted octanol–water partition coefficient (Wildman–Crippen LogP) is 3.96. The highest BCUT2D eigenvalue weighted by Crippen LogP contribution is 2.29. The smallest absolute Gasteiger partial charge is 0.416 e. The summed E-state index contributed by atoms with van der Waals surface area (Å²) in [5.41, 5.74) is -0.0121. The Morgan fingerprint density at radius 1 is 1.06 bits per heavy atom. The second-order valence-corrected chi connectivity index (χ2v) is 8.67. The maximum atomic E-state index is 12.7. The van der Waals surface area contributed by atoms with Crippen molar-refractivity contribution in [3.8, 4) is 11.8 Å². The van der Waals surface area contributed by atoms with Gasteiger partial charge in [0, 0.05) is 11.6 Å². The molecule has 34 heavy (non-hydrogen) atoms. The standard InChI is InChI=1S/C24H19F3N2O4S/c25-24(26,27)20-6-1-4-19(16-20)5-2-14-28-23(30)13-10-18-8-11-22(12-9-18)34(31,32)29-17-21-7-3-15-33-21/h1,3-4,6-13,15-16,29H,14,17H2,(H,28,30)/b13-10+. The van der Waals surface area contributed by atoms with Crippen molar-refractivity contribution in [2.24, 2.45) is 0 Å². The Labute approximate surface area is 194 Å². The first-order chi connectivity index (χ1) is 16.1. The lowest BCUT2D eigenvalue weighted by Gasteiger charge is -2.05. The van der Waals surface area contributed by atoms with Crippen molar-refractivity contribution in [2.45, 2.75) is 17.6 Å². The van der Waals surface area contributed by atoms with Crippen LogP contribution in [0.3, 0.4) is 0 Å². The molecule has 0 aliphatic carbocycles. The Morgan fingerprint density at radius 3 is 2.50 bits per heavy atom. The number of rotatable bonds is 7. The fourth-order valence-corrected chi connectivity index (χ4v) is 3.70. The van der Waals surface area contributed by atoms with Crippen LogP contribution in [0.4, 0.5) is 13.2 Å². The highest BCUT2D eigenvalue weighted by Gasteiger charge is 2.30. The van der Waals surface area contributed by atoms with Gasteiger partial charge < -0.3 is 9.73 Å². The summed E-state index contributed by atoms with van der Waals surface area (Å²) in [6, 6.07) is 13.8. The van der Waals surface area contributed by atoms with Gasteiger partial charge in [0.1, 0.15) is 5.76 Å². The average Bonchev–Trinajstić information content (AvgIpc) is 3.33. The Bertz CT molecular complexity index is 1320. The van der Waals surface area contributed by atoms with Crippen LogP contribution >= 0.6 is 0 Å². The van der Waals surface area contributed by atoms with Crippen LogP contribution in [0, 0.1) is 11.8 Å². The van der Waals surface area contributed by atoms with E-state index in [9.17, 15) is 26.4 Å². The third-order valence-corrected chi connectivity index (χ3v) is 5.82. The van der Waals surface area contributed by atoms with E-state index in [0.29, 0.717) is 11.3 Å². The Kier molecular flexibility index (Phi) is 7.94. The number of sulfonamides is 1. The van der Waals surface area contributed by atoms with Gasteiger partial charge >= 0.3 is 6.18 Å². The van der Waals surface area contributed by atoms with Gasteiger partial charge in [0.25, 0.3) is 0 Å². The second-order valence-electron chi connectivity index (χ2n) is 6.90. The number of nitrogens with one attached hydrogen (secondary N) is 2. The average molecular weight is 488 g/mol. The molecule has 0 saturated carbocycles. The van der Waals surface area contributed by atoms with Gasteiger partial charge in [-0.3, -0.25) is 4.79 Å². The lowest BCUT2D eigenvalue weighted by atomic mass is 10.1. The van der Waals surface area contributed by atoms with E-state index in [0.717, 1.165) is 12.1 Å². The highest BCUT2D eigenvalue weighted by atomic mass is 32.2. The van der Waals surface area contributed by atoms with Crippen LogP contribution in [0.2, 0.25) is 0 Å². The van der Waals surface area contributed by atoms with E-state index in [4.69, 9.17) is 4.42 Å². The number of hydrogen-bond donors (Lipinski definition) is 2. The first kappa shape index (κ1) is 24.8. The molecule has 6 nitrogen and oxygen atoms in total. The molecular weight excluding hydrogens is 469 g/mol. The molecule has 0 saturated heterocycles. The van der Waals surface area contributed by atoms with Crippen molar-refractivity contribution in [2.75, 3.05) is 6.54 Å². The molecule has 3 aromatic rings. The monoisotopic (exact) mass is 488 g/mol. The quantitative estimate of drug-likeness (QED) is 0.389. The van der Waals surface area contributed by atoms with Crippen molar-refractivity contribution < 1.29 is 30.8 Å². The van der Waals surface area contributed by atoms with Gasteiger partial charge in [0.05, 0.1) is 29.8 Å². The van der Waals surface area contributed by atoms with Crippen molar-refractivity contribution in [3.63, 3.8) is 0 Å². The maximum Gasteiger partial charge on any atom is 0.416 e. The van der Waals surface area contributed by atoms with Crippen LogP contribution in [0.15, 0.2) is 82.3 Å². The molecule has 0 bridgehead atoms. The summed E-state index contributed by atoms with van der Waals surface area (Å²) in [6.45, 7) is -0.0360. The van der Waals surface area contributed by atoms with Crippen LogP contribution in [-0.2, 0) is 27.5 Å². The van der Waals surface area contributed by atoms with E-state index >= 15 is 0 Å². The van der Waals surface area contributed by atoms with Gasteiger partial charge in [-0.2, -0.15) is 13.2 Å². The third kappa shape index (κ3) is 7.37. The maximum absolute atomic E-state index is 12.7. The third-order valence-electron chi connectivity index (χ3n) is 4.41. The number of furan rings is 1. The molecule has 1 aromatic heterocycles. The molecule has 0 unspecified atom stereocenters. The molecule has 2 N–H and O–H groups in total. The van der Waals surface area contributed by atoms with Crippen LogP contribution < -0.4 is 10.0 Å². The van der Waals surface area contributed by atoms with Crippen LogP contribution in [0.25, 0.3) is 6.08 Å². The minimum atomic E-state index is -4.45. The summed E-state index contributed by atoms with van der Waals surface area (Å²) < 4.78 is 70.3. The minimum Gasteiger partial charge on any atom is -0.468 e. The fourth-order valence-electron chi connectivity index (χ4n) is 2.70. The summed E-state index contributed by atoms with van der Waals surface area (Å²) >= 11 is 0. The summed E-state index contributed by atoms with van der Waals surface area (Å²) in [5, 5.41) is 2.50. The summed E-state index contributed by atoms with van der Waals surface area (Å²) in [4.78, 5) is 12.0. The largest absolute Gasteiger partial charge is 0.468 e. The van der Waals surface area contributed by atoms with Gasteiger partial charge in [-0.15, -0.1) is 0 Å². The zero-order chi connectivity index (χ0) is 24.6. The first-order valence-electron chi connectivity index (χ1n) is 9.88. The van der Waals surface area contributed by atoms with E-state index in [-0.39, 0.29) is 23.5 Å². The number of halogens is 3. The van der Waals surface area contributed by atoms with Gasteiger partial charge in [0.15, 0.2) is 0 Å². The van der Waals surface area contributed by atoms with Gasteiger partial charge in [0.2, 0.25) is 15.9 Å². The van der Waals surface area contributed by atoms with Crippen LogP contribution in [0.1, 0.15) is 22.5 Å². The Morgan fingerprint density at radius 2 is 1.82 bits per heavy atom. The summed E-state index contributed by atoms with van der Waals surface area (Å²) in [6.07, 6.45) is -0.272. The van der Waals surface area contributed by atoms with E-state index in [1.807, 2.05) is 0 Å². The number of carbonyl (C=O) groups excluding carboxylic acids is 1. The number of hydrogen-bond acceptors (Lipinski definition) is 4. The lowest BCUT2D eigenvalue weighted by molar-refractivity contribution is -0.137. The lowest BCUT2D eigenvalue weighted by Crippen LogP contribution is -2.22. The molecule has 0 radical (unpaired) electrons. The van der Waals surface area contributed by atoms with Crippen LogP contribution in [0.5, 0.6) is 0 Å². The number of amides is 1. The molecule has 0 atom stereocenters. The van der Waals surface area contributed by atoms with Gasteiger partial charge in [-0.1, -0.05) is 30.0 Å². The molecule has 3 rings (SSSR count). The van der Waals surface area contributed by atoms with E-state index < -0.39 is 27.7 Å². The molecule has 1 amide bonds. The normalized spacial score (nSPS) is 11.7. The van der Waals surface area contributed by atoms with E-state index in [1.165, 1.54) is 42.7 Å². The predicted molar refractivity (Wildman–Crippen MR) is 120 cm³/mol. The molecule has 1 heterocycles. The topological polar surface area (TPSA) is 88.4 Å². The second kappa shape index (κ2) is 10.9. The molecule has 0 fully saturated rings. The SMILES string of the molecule is O=C(/C=C/c1ccc(S(=O)(=O)NCc2ccco2)cc1)NCC#Cc1cccc(C(F)(F)F)c1. The van der Waals surface area contributed by atoms with E-state index in [2.05, 4.69) is 21.9 Å². The molecule has 2 aromatic carbocycles. The number of benzene rings is 2. The Balaban J connectivity index is 1.50. The Hall–Kier alpha value is -3.81.